The summed E-state index contributed by atoms with van der Waals surface area (Å²) >= 11 is 0. The lowest BCUT2D eigenvalue weighted by molar-refractivity contribution is -0.152. The van der Waals surface area contributed by atoms with Crippen molar-refractivity contribution >= 4 is 12.1 Å². The molecular formula is C13H23NO4. The minimum absolute atomic E-state index is 0.244. The summed E-state index contributed by atoms with van der Waals surface area (Å²) < 4.78 is 5.29. The number of rotatable bonds is 2. The monoisotopic (exact) mass is 257 g/mol. The number of carbonyl (C=O) groups excluding carboxylic acids is 1. The van der Waals surface area contributed by atoms with E-state index in [1.54, 1.807) is 20.8 Å². The van der Waals surface area contributed by atoms with Crippen molar-refractivity contribution in [3.05, 3.63) is 0 Å². The van der Waals surface area contributed by atoms with Gasteiger partial charge in [0.25, 0.3) is 0 Å². The Morgan fingerprint density at radius 3 is 2.44 bits per heavy atom. The van der Waals surface area contributed by atoms with Gasteiger partial charge in [0.1, 0.15) is 5.60 Å². The van der Waals surface area contributed by atoms with Crippen molar-refractivity contribution in [1.29, 1.82) is 0 Å². The number of likely N-dealkylation sites (tertiary alicyclic amines) is 1. The number of carboxylic acid groups (broad SMARTS) is 1. The number of carboxylic acids is 1. The molecule has 1 fully saturated rings. The number of hydrogen-bond acceptors (Lipinski definition) is 3. The molecule has 0 aromatic heterocycles. The van der Waals surface area contributed by atoms with E-state index in [4.69, 9.17) is 4.74 Å². The van der Waals surface area contributed by atoms with Crippen LogP contribution in [0.4, 0.5) is 4.79 Å². The smallest absolute Gasteiger partial charge is 0.410 e. The third-order valence-electron chi connectivity index (χ3n) is 3.36. The van der Waals surface area contributed by atoms with Gasteiger partial charge >= 0.3 is 12.1 Å². The molecule has 0 spiro atoms. The van der Waals surface area contributed by atoms with E-state index < -0.39 is 23.1 Å². The summed E-state index contributed by atoms with van der Waals surface area (Å²) in [6.07, 6.45) is 1.44. The molecular weight excluding hydrogens is 234 g/mol. The van der Waals surface area contributed by atoms with E-state index in [0.717, 1.165) is 0 Å². The number of amides is 1. The lowest BCUT2D eigenvalue weighted by Crippen LogP contribution is -2.50. The fraction of sp³-hybridized carbons (Fsp3) is 0.846. The Bertz CT molecular complexity index is 334. The van der Waals surface area contributed by atoms with Crippen LogP contribution in [-0.2, 0) is 9.53 Å². The average molecular weight is 257 g/mol. The van der Waals surface area contributed by atoms with Gasteiger partial charge in [0.15, 0.2) is 0 Å². The minimum Gasteiger partial charge on any atom is -0.481 e. The van der Waals surface area contributed by atoms with E-state index in [1.807, 2.05) is 6.92 Å². The van der Waals surface area contributed by atoms with Crippen LogP contribution < -0.4 is 0 Å². The van der Waals surface area contributed by atoms with Gasteiger partial charge < -0.3 is 14.7 Å². The number of carbonyl (C=O) groups is 2. The van der Waals surface area contributed by atoms with Gasteiger partial charge in [0.05, 0.1) is 5.41 Å². The highest BCUT2D eigenvalue weighted by Gasteiger charge is 2.42. The second-order valence-corrected chi connectivity index (χ2v) is 5.94. The Kier molecular flexibility index (Phi) is 4.24. The van der Waals surface area contributed by atoms with Crippen LogP contribution in [0.25, 0.3) is 0 Å². The Balaban J connectivity index is 2.75. The number of ether oxygens (including phenoxy) is 1. The SMILES string of the molecule is CC[C@]1(C(=O)O)CCCN(C(=O)OC(C)(C)C)C1. The summed E-state index contributed by atoms with van der Waals surface area (Å²) in [5.74, 6) is -0.821. The van der Waals surface area contributed by atoms with Crippen LogP contribution in [0.15, 0.2) is 0 Å². The zero-order chi connectivity index (χ0) is 14.0. The van der Waals surface area contributed by atoms with Crippen LogP contribution in [-0.4, -0.2) is 40.8 Å². The summed E-state index contributed by atoms with van der Waals surface area (Å²) in [6, 6.07) is 0. The minimum atomic E-state index is -0.821. The largest absolute Gasteiger partial charge is 0.481 e. The third-order valence-corrected chi connectivity index (χ3v) is 3.36. The first-order chi connectivity index (χ1) is 8.20. The molecule has 0 aromatic rings. The zero-order valence-corrected chi connectivity index (χ0v) is 11.7. The summed E-state index contributed by atoms with van der Waals surface area (Å²) in [4.78, 5) is 24.9. The summed E-state index contributed by atoms with van der Waals surface area (Å²) in [5, 5.41) is 9.34. The Morgan fingerprint density at radius 1 is 1.39 bits per heavy atom. The van der Waals surface area contributed by atoms with Gasteiger partial charge in [0.2, 0.25) is 0 Å². The first-order valence-corrected chi connectivity index (χ1v) is 6.41. The number of nitrogens with zero attached hydrogens (tertiary/aromatic N) is 1. The van der Waals surface area contributed by atoms with Gasteiger partial charge in [-0.1, -0.05) is 6.92 Å². The molecule has 1 aliphatic heterocycles. The molecule has 0 bridgehead atoms. The molecule has 104 valence electrons. The summed E-state index contributed by atoms with van der Waals surface area (Å²) in [7, 11) is 0. The van der Waals surface area contributed by atoms with Crippen molar-refractivity contribution < 1.29 is 19.4 Å². The molecule has 0 aliphatic carbocycles. The molecule has 0 saturated carbocycles. The number of piperidine rings is 1. The van der Waals surface area contributed by atoms with Gasteiger partial charge in [0, 0.05) is 13.1 Å². The maximum atomic E-state index is 12.0. The van der Waals surface area contributed by atoms with Crippen LogP contribution in [0.3, 0.4) is 0 Å². The maximum absolute atomic E-state index is 12.0. The van der Waals surface area contributed by atoms with Crippen molar-refractivity contribution in [3.8, 4) is 0 Å². The number of aliphatic carboxylic acids is 1. The van der Waals surface area contributed by atoms with Crippen molar-refractivity contribution in [2.75, 3.05) is 13.1 Å². The average Bonchev–Trinajstić information content (AvgIpc) is 2.26. The molecule has 5 heteroatoms. The molecule has 1 heterocycles. The molecule has 1 rings (SSSR count). The molecule has 1 atom stereocenters. The van der Waals surface area contributed by atoms with E-state index in [0.29, 0.717) is 25.8 Å². The topological polar surface area (TPSA) is 66.8 Å². The third kappa shape index (κ3) is 3.37. The van der Waals surface area contributed by atoms with E-state index in [1.165, 1.54) is 4.90 Å². The molecule has 18 heavy (non-hydrogen) atoms. The van der Waals surface area contributed by atoms with E-state index in [2.05, 4.69) is 0 Å². The Morgan fingerprint density at radius 2 is 2.00 bits per heavy atom. The first-order valence-electron chi connectivity index (χ1n) is 6.41. The van der Waals surface area contributed by atoms with Crippen LogP contribution in [0.5, 0.6) is 0 Å². The van der Waals surface area contributed by atoms with E-state index in [-0.39, 0.29) is 6.54 Å². The van der Waals surface area contributed by atoms with Crippen molar-refractivity contribution in [1.82, 2.24) is 4.90 Å². The fourth-order valence-corrected chi connectivity index (χ4v) is 2.23. The van der Waals surface area contributed by atoms with Crippen LogP contribution in [0.2, 0.25) is 0 Å². The summed E-state index contributed by atoms with van der Waals surface area (Å²) in [6.45, 7) is 8.09. The van der Waals surface area contributed by atoms with Gasteiger partial charge in [-0.3, -0.25) is 4.79 Å². The van der Waals surface area contributed by atoms with Gasteiger partial charge in [-0.15, -0.1) is 0 Å². The van der Waals surface area contributed by atoms with Gasteiger partial charge in [-0.2, -0.15) is 0 Å². The molecule has 1 N–H and O–H groups in total. The molecule has 0 unspecified atom stereocenters. The predicted molar refractivity (Wildman–Crippen MR) is 67.4 cm³/mol. The number of hydrogen-bond donors (Lipinski definition) is 1. The first kappa shape index (κ1) is 14.8. The molecule has 1 saturated heterocycles. The summed E-state index contributed by atoms with van der Waals surface area (Å²) in [5.41, 5.74) is -1.36. The highest BCUT2D eigenvalue weighted by atomic mass is 16.6. The molecule has 1 aliphatic rings. The van der Waals surface area contributed by atoms with E-state index >= 15 is 0 Å². The molecule has 5 nitrogen and oxygen atoms in total. The highest BCUT2D eigenvalue weighted by Crippen LogP contribution is 2.34. The van der Waals surface area contributed by atoms with Crippen molar-refractivity contribution in [2.45, 2.75) is 52.6 Å². The lowest BCUT2D eigenvalue weighted by atomic mass is 9.78. The molecule has 1 amide bonds. The lowest BCUT2D eigenvalue weighted by Gasteiger charge is -2.39. The fourth-order valence-electron chi connectivity index (χ4n) is 2.23. The van der Waals surface area contributed by atoms with Crippen LogP contribution in [0.1, 0.15) is 47.0 Å². The Hall–Kier alpha value is -1.26. The molecule has 0 aromatic carbocycles. The van der Waals surface area contributed by atoms with Crippen LogP contribution >= 0.6 is 0 Å². The zero-order valence-electron chi connectivity index (χ0n) is 11.7. The maximum Gasteiger partial charge on any atom is 0.410 e. The highest BCUT2D eigenvalue weighted by molar-refractivity contribution is 5.77. The van der Waals surface area contributed by atoms with Crippen molar-refractivity contribution in [3.63, 3.8) is 0 Å². The normalized spacial score (nSPS) is 24.8. The van der Waals surface area contributed by atoms with Gasteiger partial charge in [-0.05, 0) is 40.0 Å². The second-order valence-electron chi connectivity index (χ2n) is 5.94. The van der Waals surface area contributed by atoms with Gasteiger partial charge in [-0.25, -0.2) is 4.79 Å². The van der Waals surface area contributed by atoms with Crippen LogP contribution in [0, 0.1) is 5.41 Å². The second kappa shape index (κ2) is 5.16. The standard InChI is InChI=1S/C13H23NO4/c1-5-13(10(15)16)7-6-8-14(9-13)11(17)18-12(2,3)4/h5-9H2,1-4H3,(H,15,16)/t13-/m0/s1. The van der Waals surface area contributed by atoms with Crippen molar-refractivity contribution in [2.24, 2.45) is 5.41 Å². The molecule has 0 radical (unpaired) electrons. The predicted octanol–water partition coefficient (Wildman–Crippen LogP) is 2.50. The Labute approximate surface area is 108 Å². The van der Waals surface area contributed by atoms with E-state index in [9.17, 15) is 14.7 Å². The quantitative estimate of drug-likeness (QED) is 0.825.